The number of H-pyrrole nitrogens is 1. The van der Waals surface area contributed by atoms with Gasteiger partial charge in [0, 0.05) is 30.4 Å². The number of likely N-dealkylation sites (N-methyl/N-ethyl adjacent to an activating group) is 1. The number of Topliss-reactive ketones (excluding diaryl/α,β-unsaturated/α-hetero) is 1. The van der Waals surface area contributed by atoms with E-state index >= 15 is 0 Å². The average Bonchev–Trinajstić information content (AvgIpc) is 3.82. The third kappa shape index (κ3) is 9.71. The van der Waals surface area contributed by atoms with Crippen molar-refractivity contribution in [3.8, 4) is 5.75 Å². The third-order valence-electron chi connectivity index (χ3n) is 9.04. The molecule has 0 spiro atoms. The second-order valence-corrected chi connectivity index (χ2v) is 13.9. The van der Waals surface area contributed by atoms with E-state index < -0.39 is 83.9 Å². The van der Waals surface area contributed by atoms with Crippen molar-refractivity contribution < 1.29 is 43.1 Å². The van der Waals surface area contributed by atoms with Crippen LogP contribution in [0.25, 0.3) is 10.9 Å². The molecule has 0 aliphatic carbocycles. The molecular formula is C36H45N9O9S. The Hall–Kier alpha value is -6.11. The van der Waals surface area contributed by atoms with E-state index in [1.807, 2.05) is 0 Å². The van der Waals surface area contributed by atoms with Gasteiger partial charge in [0.15, 0.2) is 11.3 Å². The van der Waals surface area contributed by atoms with Gasteiger partial charge in [-0.15, -0.1) is 11.3 Å². The Morgan fingerprint density at radius 3 is 2.44 bits per heavy atom. The van der Waals surface area contributed by atoms with Crippen LogP contribution in [0.1, 0.15) is 68.1 Å². The fraction of sp³-hybridized carbons (Fsp3) is 0.417. The summed E-state index contributed by atoms with van der Waals surface area (Å²) in [5.74, 6) is -5.68. The number of nitrogens with one attached hydrogen (secondary N) is 7. The second kappa shape index (κ2) is 17.8. The number of methoxy groups -OCH3 is 1. The minimum Gasteiger partial charge on any atom is -0.495 e. The second-order valence-electron chi connectivity index (χ2n) is 13.0. The number of amides is 7. The summed E-state index contributed by atoms with van der Waals surface area (Å²) >= 11 is 1.08. The number of carbonyl (C=O) groups is 8. The van der Waals surface area contributed by atoms with E-state index in [9.17, 15) is 38.4 Å². The lowest BCUT2D eigenvalue weighted by atomic mass is 9.94. The van der Waals surface area contributed by atoms with Gasteiger partial charge in [0.05, 0.1) is 31.8 Å². The summed E-state index contributed by atoms with van der Waals surface area (Å²) < 4.78 is 5.44. The summed E-state index contributed by atoms with van der Waals surface area (Å²) in [5.41, 5.74) is -1.17. The SMILES string of the molecule is CC=C1NC(=O)C(CC)NC(=O)CNC(=O)C(C)(C(C)=O)NC(=O)C(Cc2c[nH]c3c(OC)cccc23)NC(=O)c2csc(n2)C(C)NC(=O)CN(C)C1=O. The molecule has 55 heavy (non-hydrogen) atoms. The van der Waals surface area contributed by atoms with E-state index in [0.717, 1.165) is 30.1 Å². The van der Waals surface area contributed by atoms with Crippen LogP contribution < -0.4 is 36.6 Å². The molecule has 19 heteroatoms. The number of aromatic nitrogens is 2. The molecule has 0 fully saturated rings. The monoisotopic (exact) mass is 779 g/mol. The number of fused-ring (bicyclic) bond motifs is 3. The predicted octanol–water partition coefficient (Wildman–Crippen LogP) is 0.118. The highest BCUT2D eigenvalue weighted by molar-refractivity contribution is 7.09. The molecule has 0 radical (unpaired) electrons. The topological polar surface area (TPSA) is 250 Å². The molecule has 3 heterocycles. The van der Waals surface area contributed by atoms with Gasteiger partial charge in [0.2, 0.25) is 23.6 Å². The van der Waals surface area contributed by atoms with Crippen LogP contribution >= 0.6 is 11.3 Å². The smallest absolute Gasteiger partial charge is 0.271 e. The minimum atomic E-state index is -2.20. The first-order chi connectivity index (χ1) is 26.0. The summed E-state index contributed by atoms with van der Waals surface area (Å²) in [6.07, 6.45) is 2.99. The Morgan fingerprint density at radius 1 is 1.05 bits per heavy atom. The van der Waals surface area contributed by atoms with Gasteiger partial charge in [-0.3, -0.25) is 38.4 Å². The number of hydrogen-bond donors (Lipinski definition) is 7. The summed E-state index contributed by atoms with van der Waals surface area (Å²) in [6.45, 7) is 5.93. The maximum Gasteiger partial charge on any atom is 0.271 e. The number of thiazole rings is 1. The quantitative estimate of drug-likeness (QED) is 0.136. The van der Waals surface area contributed by atoms with Gasteiger partial charge in [0.1, 0.15) is 34.2 Å². The van der Waals surface area contributed by atoms with E-state index in [1.54, 1.807) is 38.2 Å². The number of allylic oxidation sites excluding steroid dienone is 1. The van der Waals surface area contributed by atoms with E-state index in [-0.39, 0.29) is 24.2 Å². The van der Waals surface area contributed by atoms with Crippen LogP contribution in [-0.4, -0.2) is 107 Å². The number of ketones is 1. The molecule has 4 rings (SSSR count). The largest absolute Gasteiger partial charge is 0.495 e. The fourth-order valence-corrected chi connectivity index (χ4v) is 6.47. The van der Waals surface area contributed by atoms with Crippen molar-refractivity contribution in [2.75, 3.05) is 27.2 Å². The lowest BCUT2D eigenvalue weighted by Crippen LogP contribution is -2.65. The van der Waals surface area contributed by atoms with Crippen LogP contribution in [0.4, 0.5) is 0 Å². The molecular weight excluding hydrogens is 735 g/mol. The molecule has 1 aliphatic heterocycles. The van der Waals surface area contributed by atoms with Crippen molar-refractivity contribution in [2.24, 2.45) is 0 Å². The molecule has 0 saturated carbocycles. The average molecular weight is 780 g/mol. The number of rotatable bonds is 5. The fourth-order valence-electron chi connectivity index (χ4n) is 5.66. The van der Waals surface area contributed by atoms with E-state index in [0.29, 0.717) is 27.2 Å². The van der Waals surface area contributed by atoms with Crippen molar-refractivity contribution in [1.82, 2.24) is 46.8 Å². The maximum atomic E-state index is 14.0. The first-order valence-corrected chi connectivity index (χ1v) is 18.2. The van der Waals surface area contributed by atoms with Crippen LogP contribution in [0, 0.1) is 0 Å². The van der Waals surface area contributed by atoms with Gasteiger partial charge in [-0.05, 0) is 45.7 Å². The molecule has 2 bridgehead atoms. The molecule has 2 aromatic heterocycles. The molecule has 7 N–H and O–H groups in total. The summed E-state index contributed by atoms with van der Waals surface area (Å²) in [5, 5.41) is 17.6. The van der Waals surface area contributed by atoms with Crippen LogP contribution in [0.5, 0.6) is 5.75 Å². The number of hydrogen-bond acceptors (Lipinski definition) is 11. The van der Waals surface area contributed by atoms with Gasteiger partial charge in [-0.2, -0.15) is 0 Å². The summed E-state index contributed by atoms with van der Waals surface area (Å²) in [6, 6.07) is 2.11. The minimum absolute atomic E-state index is 0.0711. The standard InChI is InChI=1S/C36H45N9O9S/c1-8-22-30(49)41-23(9-2)34(52)45(6)16-28(48)39-18(3)33-43-25(17-55-33)31(50)42-24(13-20-14-37-29-21(20)11-10-12-26(29)54-7)32(51)44-36(5,19(4)46)35(53)38-15-27(47)40-22/h9-12,14,17-18,22,24,37H,8,13,15-16H2,1-7H3,(H,38,53)(H,39,48)(H,40,47)(H,41,49)(H,42,50)(H,44,51). The van der Waals surface area contributed by atoms with Gasteiger partial charge in [-0.1, -0.05) is 25.1 Å². The molecule has 3 aromatic rings. The first-order valence-electron chi connectivity index (χ1n) is 17.3. The van der Waals surface area contributed by atoms with Crippen LogP contribution in [0.15, 0.2) is 41.5 Å². The van der Waals surface area contributed by atoms with Crippen LogP contribution in [0.3, 0.4) is 0 Å². The lowest BCUT2D eigenvalue weighted by molar-refractivity contribution is -0.141. The molecule has 4 unspecified atom stereocenters. The molecule has 1 aromatic carbocycles. The Labute approximate surface area is 320 Å². The van der Waals surface area contributed by atoms with Crippen LogP contribution in [-0.2, 0) is 40.0 Å². The van der Waals surface area contributed by atoms with E-state index in [2.05, 4.69) is 41.9 Å². The highest BCUT2D eigenvalue weighted by Gasteiger charge is 2.42. The normalized spacial score (nSPS) is 23.5. The summed E-state index contributed by atoms with van der Waals surface area (Å²) in [4.78, 5) is 115. The zero-order valence-corrected chi connectivity index (χ0v) is 32.3. The van der Waals surface area contributed by atoms with Crippen molar-refractivity contribution in [1.29, 1.82) is 0 Å². The number of para-hydroxylation sites is 1. The van der Waals surface area contributed by atoms with Gasteiger partial charge in [-0.25, -0.2) is 4.98 Å². The third-order valence-corrected chi connectivity index (χ3v) is 10.1. The highest BCUT2D eigenvalue weighted by Crippen LogP contribution is 2.28. The number of nitrogens with zero attached hydrogens (tertiary/aromatic N) is 2. The first kappa shape index (κ1) is 41.6. The Bertz CT molecular complexity index is 2040. The Morgan fingerprint density at radius 2 is 1.78 bits per heavy atom. The molecule has 4 atom stereocenters. The molecule has 0 saturated heterocycles. The predicted molar refractivity (Wildman–Crippen MR) is 200 cm³/mol. The molecule has 18 nitrogen and oxygen atoms in total. The summed E-state index contributed by atoms with van der Waals surface area (Å²) in [7, 11) is 2.88. The van der Waals surface area contributed by atoms with Crippen molar-refractivity contribution in [3.05, 3.63) is 57.8 Å². The van der Waals surface area contributed by atoms with Gasteiger partial charge < -0.3 is 46.5 Å². The Kier molecular flexibility index (Phi) is 13.5. The number of benzene rings is 1. The van der Waals surface area contributed by atoms with E-state index in [4.69, 9.17) is 4.74 Å². The van der Waals surface area contributed by atoms with E-state index in [1.165, 1.54) is 32.5 Å². The van der Waals surface area contributed by atoms with Crippen molar-refractivity contribution >= 4 is 69.4 Å². The van der Waals surface area contributed by atoms with Gasteiger partial charge in [0.25, 0.3) is 17.7 Å². The van der Waals surface area contributed by atoms with Crippen LogP contribution in [0.2, 0.25) is 0 Å². The zero-order valence-electron chi connectivity index (χ0n) is 31.5. The molecule has 294 valence electrons. The maximum absolute atomic E-state index is 14.0. The number of aromatic amines is 1. The lowest BCUT2D eigenvalue weighted by Gasteiger charge is -2.29. The number of ether oxygens (including phenoxy) is 1. The van der Waals surface area contributed by atoms with Gasteiger partial charge >= 0.3 is 0 Å². The number of carbonyl (C=O) groups excluding carboxylic acids is 8. The van der Waals surface area contributed by atoms with Crippen molar-refractivity contribution in [3.63, 3.8) is 0 Å². The molecule has 7 amide bonds. The zero-order chi connectivity index (χ0) is 40.6. The highest BCUT2D eigenvalue weighted by atomic mass is 32.1. The Balaban J connectivity index is 1.71. The molecule has 1 aliphatic rings. The van der Waals surface area contributed by atoms with Crippen molar-refractivity contribution in [2.45, 2.75) is 71.1 Å².